The molecule has 2 atom stereocenters. The first-order valence-electron chi connectivity index (χ1n) is 5.74. The summed E-state index contributed by atoms with van der Waals surface area (Å²) in [6, 6.07) is 0.169. The summed E-state index contributed by atoms with van der Waals surface area (Å²) in [5.41, 5.74) is 0. The average molecular weight is 214 g/mol. The summed E-state index contributed by atoms with van der Waals surface area (Å²) >= 11 is 0. The molecule has 1 aliphatic rings. The zero-order chi connectivity index (χ0) is 11.3. The van der Waals surface area contributed by atoms with Gasteiger partial charge in [0.1, 0.15) is 0 Å². The lowest BCUT2D eigenvalue weighted by Gasteiger charge is -2.36. The Morgan fingerprint density at radius 1 is 1.67 bits per heavy atom. The summed E-state index contributed by atoms with van der Waals surface area (Å²) in [6.45, 7) is 5.14. The minimum atomic E-state index is -0.696. The first-order chi connectivity index (χ1) is 7.13. The molecular weight excluding hydrogens is 192 g/mol. The summed E-state index contributed by atoms with van der Waals surface area (Å²) in [5, 5.41) is 11.9. The van der Waals surface area contributed by atoms with E-state index >= 15 is 0 Å². The molecule has 1 saturated heterocycles. The molecule has 0 aromatic carbocycles. The molecule has 1 rings (SSSR count). The fraction of sp³-hybridized carbons (Fsp3) is 0.909. The molecule has 0 aliphatic carbocycles. The van der Waals surface area contributed by atoms with Crippen LogP contribution >= 0.6 is 0 Å². The smallest absolute Gasteiger partial charge is 0.304 e. The monoisotopic (exact) mass is 214 g/mol. The minimum Gasteiger partial charge on any atom is -0.481 e. The number of hydrogen-bond acceptors (Lipinski definition) is 3. The minimum absolute atomic E-state index is 0.169. The lowest BCUT2D eigenvalue weighted by molar-refractivity contribution is -0.138. The number of carboxylic acid groups (broad SMARTS) is 1. The highest BCUT2D eigenvalue weighted by Gasteiger charge is 2.24. The Morgan fingerprint density at radius 3 is 3.00 bits per heavy atom. The van der Waals surface area contributed by atoms with Crippen LogP contribution in [-0.4, -0.2) is 48.7 Å². The first-order valence-corrected chi connectivity index (χ1v) is 5.74. The molecule has 0 aromatic heterocycles. The van der Waals surface area contributed by atoms with Crippen LogP contribution in [0.5, 0.6) is 0 Å². The normalized spacial score (nSPS) is 25.1. The largest absolute Gasteiger partial charge is 0.481 e. The van der Waals surface area contributed by atoms with E-state index in [2.05, 4.69) is 10.2 Å². The van der Waals surface area contributed by atoms with Crippen LogP contribution in [0.3, 0.4) is 0 Å². The van der Waals surface area contributed by atoms with Gasteiger partial charge in [-0.3, -0.25) is 9.69 Å². The third-order valence-electron chi connectivity index (χ3n) is 3.14. The highest BCUT2D eigenvalue weighted by molar-refractivity contribution is 5.67. The first kappa shape index (κ1) is 12.5. The summed E-state index contributed by atoms with van der Waals surface area (Å²) in [6.07, 6.45) is 2.71. The molecule has 0 radical (unpaired) electrons. The van der Waals surface area contributed by atoms with Crippen LogP contribution in [-0.2, 0) is 4.79 Å². The van der Waals surface area contributed by atoms with E-state index in [1.807, 2.05) is 14.0 Å². The number of piperidine rings is 1. The van der Waals surface area contributed by atoms with Crippen molar-refractivity contribution < 1.29 is 9.90 Å². The van der Waals surface area contributed by atoms with Gasteiger partial charge in [-0.25, -0.2) is 0 Å². The summed E-state index contributed by atoms with van der Waals surface area (Å²) < 4.78 is 0. The van der Waals surface area contributed by atoms with Gasteiger partial charge in [0, 0.05) is 12.6 Å². The molecule has 0 amide bonds. The Kier molecular flexibility index (Phi) is 5.05. The van der Waals surface area contributed by atoms with Crippen LogP contribution in [0.2, 0.25) is 0 Å². The van der Waals surface area contributed by atoms with E-state index in [1.54, 1.807) is 0 Å². The molecule has 2 unspecified atom stereocenters. The maximum absolute atomic E-state index is 10.6. The maximum Gasteiger partial charge on any atom is 0.304 e. The molecule has 4 nitrogen and oxygen atoms in total. The molecule has 88 valence electrons. The molecule has 0 saturated carbocycles. The fourth-order valence-corrected chi connectivity index (χ4v) is 2.33. The van der Waals surface area contributed by atoms with E-state index in [9.17, 15) is 4.79 Å². The average Bonchev–Trinajstić information content (AvgIpc) is 2.17. The number of rotatable bonds is 5. The van der Waals surface area contributed by atoms with E-state index in [-0.39, 0.29) is 12.5 Å². The van der Waals surface area contributed by atoms with Crippen molar-refractivity contribution in [1.29, 1.82) is 0 Å². The number of nitrogens with zero attached hydrogens (tertiary/aromatic N) is 1. The predicted molar refractivity (Wildman–Crippen MR) is 59.9 cm³/mol. The van der Waals surface area contributed by atoms with E-state index in [1.165, 1.54) is 12.8 Å². The van der Waals surface area contributed by atoms with Gasteiger partial charge in [0.05, 0.1) is 6.42 Å². The van der Waals surface area contributed by atoms with Gasteiger partial charge in [-0.1, -0.05) is 0 Å². The van der Waals surface area contributed by atoms with Crippen molar-refractivity contribution in [2.75, 3.05) is 26.7 Å². The van der Waals surface area contributed by atoms with E-state index in [0.29, 0.717) is 5.92 Å². The third kappa shape index (κ3) is 4.18. The molecular formula is C11H22N2O2. The van der Waals surface area contributed by atoms with Crippen molar-refractivity contribution in [2.45, 2.75) is 32.2 Å². The van der Waals surface area contributed by atoms with Gasteiger partial charge in [0.15, 0.2) is 0 Å². The molecule has 0 bridgehead atoms. The van der Waals surface area contributed by atoms with Crippen molar-refractivity contribution in [3.8, 4) is 0 Å². The lowest BCUT2D eigenvalue weighted by Crippen LogP contribution is -2.44. The van der Waals surface area contributed by atoms with E-state index in [4.69, 9.17) is 5.11 Å². The Morgan fingerprint density at radius 2 is 2.40 bits per heavy atom. The Balaban J connectivity index is 2.37. The van der Waals surface area contributed by atoms with Crippen molar-refractivity contribution >= 4 is 5.97 Å². The van der Waals surface area contributed by atoms with Crippen LogP contribution in [0, 0.1) is 5.92 Å². The maximum atomic E-state index is 10.6. The summed E-state index contributed by atoms with van der Waals surface area (Å²) in [4.78, 5) is 12.9. The Bertz CT molecular complexity index is 207. The van der Waals surface area contributed by atoms with Crippen molar-refractivity contribution in [1.82, 2.24) is 10.2 Å². The molecule has 1 heterocycles. The lowest BCUT2D eigenvalue weighted by atomic mass is 9.96. The van der Waals surface area contributed by atoms with Crippen LogP contribution in [0.4, 0.5) is 0 Å². The number of nitrogens with one attached hydrogen (secondary N) is 1. The van der Waals surface area contributed by atoms with Gasteiger partial charge in [-0.15, -0.1) is 0 Å². The molecule has 4 heteroatoms. The van der Waals surface area contributed by atoms with Crippen molar-refractivity contribution in [3.63, 3.8) is 0 Å². The zero-order valence-electron chi connectivity index (χ0n) is 9.70. The number of carbonyl (C=O) groups is 1. The van der Waals surface area contributed by atoms with Gasteiger partial charge >= 0.3 is 5.97 Å². The van der Waals surface area contributed by atoms with Crippen LogP contribution in [0.1, 0.15) is 26.2 Å². The molecule has 2 N–H and O–H groups in total. The number of likely N-dealkylation sites (tertiary alicyclic amines) is 1. The fourth-order valence-electron chi connectivity index (χ4n) is 2.33. The number of aliphatic carboxylic acids is 1. The van der Waals surface area contributed by atoms with Crippen molar-refractivity contribution in [3.05, 3.63) is 0 Å². The van der Waals surface area contributed by atoms with Gasteiger partial charge in [0.25, 0.3) is 0 Å². The molecule has 0 aromatic rings. The standard InChI is InChI=1S/C11H22N2O2/c1-9(6-11(14)15)13-5-3-4-10(8-13)7-12-2/h9-10,12H,3-8H2,1-2H3,(H,14,15). The molecule has 0 spiro atoms. The highest BCUT2D eigenvalue weighted by atomic mass is 16.4. The van der Waals surface area contributed by atoms with Gasteiger partial charge in [-0.05, 0) is 45.8 Å². The van der Waals surface area contributed by atoms with Gasteiger partial charge < -0.3 is 10.4 Å². The second-order valence-corrected chi connectivity index (χ2v) is 4.51. The number of carboxylic acids is 1. The highest BCUT2D eigenvalue weighted by Crippen LogP contribution is 2.18. The Labute approximate surface area is 91.6 Å². The third-order valence-corrected chi connectivity index (χ3v) is 3.14. The van der Waals surface area contributed by atoms with Crippen LogP contribution in [0.15, 0.2) is 0 Å². The second kappa shape index (κ2) is 6.08. The molecule has 1 aliphatic heterocycles. The second-order valence-electron chi connectivity index (χ2n) is 4.51. The quantitative estimate of drug-likeness (QED) is 0.710. The topological polar surface area (TPSA) is 52.6 Å². The van der Waals surface area contributed by atoms with E-state index < -0.39 is 5.97 Å². The molecule has 15 heavy (non-hydrogen) atoms. The summed E-state index contributed by atoms with van der Waals surface area (Å²) in [7, 11) is 1.97. The Hall–Kier alpha value is -0.610. The van der Waals surface area contributed by atoms with Gasteiger partial charge in [0.2, 0.25) is 0 Å². The zero-order valence-corrected chi connectivity index (χ0v) is 9.70. The van der Waals surface area contributed by atoms with E-state index in [0.717, 1.165) is 19.6 Å². The predicted octanol–water partition coefficient (Wildman–Crippen LogP) is 0.781. The summed E-state index contributed by atoms with van der Waals surface area (Å²) in [5.74, 6) is -0.0155. The molecule has 1 fully saturated rings. The van der Waals surface area contributed by atoms with Crippen LogP contribution < -0.4 is 5.32 Å². The SMILES string of the molecule is CNCC1CCCN(C(C)CC(=O)O)C1. The van der Waals surface area contributed by atoms with Crippen LogP contribution in [0.25, 0.3) is 0 Å². The van der Waals surface area contributed by atoms with Gasteiger partial charge in [-0.2, -0.15) is 0 Å². The van der Waals surface area contributed by atoms with Crippen molar-refractivity contribution in [2.24, 2.45) is 5.92 Å². The number of hydrogen-bond donors (Lipinski definition) is 2.